The molecule has 0 unspecified atom stereocenters. The van der Waals surface area contributed by atoms with Crippen molar-refractivity contribution in [2.45, 2.75) is 56.3 Å². The molecule has 1 aromatic carbocycles. The van der Waals surface area contributed by atoms with Crippen molar-refractivity contribution in [2.24, 2.45) is 23.5 Å². The lowest BCUT2D eigenvalue weighted by atomic mass is 9.56. The van der Waals surface area contributed by atoms with Crippen LogP contribution in [0.15, 0.2) is 35.1 Å². The van der Waals surface area contributed by atoms with Crippen molar-refractivity contribution in [1.29, 1.82) is 0 Å². The van der Waals surface area contributed by atoms with E-state index in [4.69, 9.17) is 10.5 Å². The van der Waals surface area contributed by atoms with E-state index < -0.39 is 75.7 Å². The van der Waals surface area contributed by atoms with Gasteiger partial charge in [0.05, 0.1) is 17.5 Å². The van der Waals surface area contributed by atoms with Gasteiger partial charge in [-0.05, 0) is 38.1 Å². The van der Waals surface area contributed by atoms with Gasteiger partial charge in [-0.15, -0.1) is 0 Å². The van der Waals surface area contributed by atoms with Gasteiger partial charge in [-0.25, -0.2) is 0 Å². The SMILES string of the molecule is CN(C)[C@H]1C(=O)C(C(N)=O)=C(O)[C@]2(O)C(=O)C3=C(O)c4c(O)cccc4[CH][C@@H]3[C@@H](OC(=O)CCC3CCCC3)[C@H]12. The van der Waals surface area contributed by atoms with Crippen LogP contribution < -0.4 is 5.73 Å². The Morgan fingerprint density at radius 3 is 2.42 bits per heavy atom. The molecule has 5 atom stereocenters. The van der Waals surface area contributed by atoms with Gasteiger partial charge in [0, 0.05) is 24.3 Å². The molecular formula is C29H33N2O9. The first-order chi connectivity index (χ1) is 18.9. The Balaban J connectivity index is 1.68. The van der Waals surface area contributed by atoms with Gasteiger partial charge < -0.3 is 30.9 Å². The molecule has 2 fully saturated rings. The summed E-state index contributed by atoms with van der Waals surface area (Å²) in [5.74, 6) is -8.69. The Labute approximate surface area is 230 Å². The molecule has 1 aromatic rings. The lowest BCUT2D eigenvalue weighted by molar-refractivity contribution is -0.182. The van der Waals surface area contributed by atoms with Crippen LogP contribution in [-0.4, -0.2) is 80.6 Å². The first-order valence-electron chi connectivity index (χ1n) is 13.4. The highest BCUT2D eigenvalue weighted by molar-refractivity contribution is 6.24. The Bertz CT molecular complexity index is 1360. The van der Waals surface area contributed by atoms with Crippen molar-refractivity contribution in [1.82, 2.24) is 4.90 Å². The molecule has 11 heteroatoms. The summed E-state index contributed by atoms with van der Waals surface area (Å²) in [6, 6.07) is 3.03. The van der Waals surface area contributed by atoms with E-state index >= 15 is 0 Å². The van der Waals surface area contributed by atoms with Crippen LogP contribution in [0.3, 0.4) is 0 Å². The molecule has 4 aliphatic rings. The largest absolute Gasteiger partial charge is 0.508 e. The summed E-state index contributed by atoms with van der Waals surface area (Å²) >= 11 is 0. The number of primary amides is 1. The molecule has 40 heavy (non-hydrogen) atoms. The van der Waals surface area contributed by atoms with E-state index in [2.05, 4.69) is 0 Å². The lowest BCUT2D eigenvalue weighted by Crippen LogP contribution is -2.70. The minimum Gasteiger partial charge on any atom is -0.508 e. The highest BCUT2D eigenvalue weighted by Gasteiger charge is 2.68. The van der Waals surface area contributed by atoms with E-state index in [0.29, 0.717) is 17.9 Å². The van der Waals surface area contributed by atoms with E-state index in [1.54, 1.807) is 6.07 Å². The van der Waals surface area contributed by atoms with E-state index in [0.717, 1.165) is 25.7 Å². The standard InChI is InChI=1S/C29H33N2O9/c1-31(2)22-21-25(40-17(33)11-10-13-6-3-4-7-13)15-12-14-8-5-9-16(32)18(14)23(34)19(15)26(36)29(21,39)27(37)20(24(22)35)28(30)38/h5,8-9,12-13,15,21-22,25,32,34,37,39H,3-4,6-7,10-11H2,1-2H3,(H2,30,38)/t15-,21-,22+,25+,29+/m0/s1. The molecule has 0 saturated heterocycles. The van der Waals surface area contributed by atoms with Crippen LogP contribution in [0.4, 0.5) is 0 Å². The second kappa shape index (κ2) is 10.0. The first kappa shape index (κ1) is 27.9. The summed E-state index contributed by atoms with van der Waals surface area (Å²) in [5.41, 5.74) is 1.34. The number of Topliss-reactive ketones (excluding diaryl/α,β-unsaturated/α-hetero) is 2. The smallest absolute Gasteiger partial charge is 0.306 e. The van der Waals surface area contributed by atoms with Crippen LogP contribution in [0.1, 0.15) is 49.7 Å². The number of fused-ring (bicyclic) bond motifs is 3. The molecule has 0 aromatic heterocycles. The second-order valence-corrected chi connectivity index (χ2v) is 11.3. The number of aliphatic hydroxyl groups excluding tert-OH is 2. The summed E-state index contributed by atoms with van der Waals surface area (Å²) in [4.78, 5) is 54.4. The van der Waals surface area contributed by atoms with Gasteiger partial charge in [-0.1, -0.05) is 37.8 Å². The van der Waals surface area contributed by atoms with Crippen molar-refractivity contribution < 1.29 is 44.3 Å². The predicted molar refractivity (Wildman–Crippen MR) is 140 cm³/mol. The quantitative estimate of drug-likeness (QED) is 0.255. The average molecular weight is 554 g/mol. The fraction of sp³-hybridized carbons (Fsp3) is 0.483. The number of carbonyl (C=O) groups excluding carboxylic acids is 4. The number of rotatable bonds is 6. The number of benzene rings is 1. The third-order valence-corrected chi connectivity index (χ3v) is 8.79. The van der Waals surface area contributed by atoms with E-state index in [-0.39, 0.29) is 17.7 Å². The number of ether oxygens (including phenoxy) is 1. The fourth-order valence-electron chi connectivity index (χ4n) is 6.92. The van der Waals surface area contributed by atoms with Crippen molar-refractivity contribution in [2.75, 3.05) is 14.1 Å². The molecule has 213 valence electrons. The Hall–Kier alpha value is -3.70. The molecule has 6 N–H and O–H groups in total. The minimum absolute atomic E-state index is 0.0598. The normalized spacial score (nSPS) is 30.3. The highest BCUT2D eigenvalue weighted by Crippen LogP contribution is 2.54. The lowest BCUT2D eigenvalue weighted by Gasteiger charge is -2.53. The number of phenols is 1. The molecule has 5 rings (SSSR count). The predicted octanol–water partition coefficient (Wildman–Crippen LogP) is 1.47. The topological polar surface area (TPSA) is 188 Å². The highest BCUT2D eigenvalue weighted by atomic mass is 16.5. The maximum Gasteiger partial charge on any atom is 0.306 e. The first-order valence-corrected chi connectivity index (χ1v) is 13.4. The van der Waals surface area contributed by atoms with Gasteiger partial charge in [-0.2, -0.15) is 0 Å². The molecule has 0 spiro atoms. The van der Waals surface area contributed by atoms with Crippen molar-refractivity contribution in [3.05, 3.63) is 52.7 Å². The Morgan fingerprint density at radius 2 is 1.80 bits per heavy atom. The van der Waals surface area contributed by atoms with Crippen LogP contribution in [-0.2, 0) is 23.9 Å². The third kappa shape index (κ3) is 4.10. The molecule has 1 radical (unpaired) electrons. The van der Waals surface area contributed by atoms with Crippen LogP contribution >= 0.6 is 0 Å². The third-order valence-electron chi connectivity index (χ3n) is 8.79. The summed E-state index contributed by atoms with van der Waals surface area (Å²) in [5, 5.41) is 44.8. The van der Waals surface area contributed by atoms with E-state index in [1.807, 2.05) is 0 Å². The second-order valence-electron chi connectivity index (χ2n) is 11.3. The molecular weight excluding hydrogens is 520 g/mol. The number of nitrogens with two attached hydrogens (primary N) is 1. The zero-order chi connectivity index (χ0) is 29.1. The van der Waals surface area contributed by atoms with Crippen LogP contribution in [0.5, 0.6) is 5.75 Å². The maximum atomic E-state index is 14.0. The number of amides is 1. The van der Waals surface area contributed by atoms with Crippen molar-refractivity contribution in [3.8, 4) is 5.75 Å². The summed E-state index contributed by atoms with van der Waals surface area (Å²) < 4.78 is 5.95. The Morgan fingerprint density at radius 1 is 1.12 bits per heavy atom. The number of phenolic OH excluding ortho intramolecular Hbond substituents is 1. The van der Waals surface area contributed by atoms with E-state index in [9.17, 15) is 39.6 Å². The van der Waals surface area contributed by atoms with Crippen LogP contribution in [0.25, 0.3) is 5.76 Å². The van der Waals surface area contributed by atoms with Crippen LogP contribution in [0.2, 0.25) is 0 Å². The Kier molecular flexibility index (Phi) is 6.99. The molecule has 1 amide bonds. The zero-order valence-electron chi connectivity index (χ0n) is 22.3. The molecule has 0 bridgehead atoms. The van der Waals surface area contributed by atoms with E-state index in [1.165, 1.54) is 37.5 Å². The molecule has 4 aliphatic carbocycles. The number of aromatic hydroxyl groups is 1. The van der Waals surface area contributed by atoms with Gasteiger partial charge in [0.25, 0.3) is 5.91 Å². The number of likely N-dealkylation sites (N-methyl/N-ethyl adjacent to an activating group) is 1. The average Bonchev–Trinajstić information content (AvgIpc) is 3.40. The van der Waals surface area contributed by atoms with Crippen molar-refractivity contribution in [3.63, 3.8) is 0 Å². The number of ketones is 2. The number of nitrogens with zero attached hydrogens (tertiary/aromatic N) is 1. The van der Waals surface area contributed by atoms with Crippen molar-refractivity contribution >= 4 is 29.2 Å². The van der Waals surface area contributed by atoms with Gasteiger partial charge in [-0.3, -0.25) is 24.1 Å². The molecule has 2 saturated carbocycles. The summed E-state index contributed by atoms with van der Waals surface area (Å²) in [6.45, 7) is 0. The van der Waals surface area contributed by atoms with Gasteiger partial charge in [0.1, 0.15) is 28.9 Å². The molecule has 11 nitrogen and oxygen atoms in total. The summed E-state index contributed by atoms with van der Waals surface area (Å²) in [6.07, 6.45) is 4.97. The maximum absolute atomic E-state index is 14.0. The monoisotopic (exact) mass is 553 g/mol. The van der Waals surface area contributed by atoms with Gasteiger partial charge >= 0.3 is 5.97 Å². The fourth-order valence-corrected chi connectivity index (χ4v) is 6.92. The number of aliphatic hydroxyl groups is 3. The van der Waals surface area contributed by atoms with Crippen LogP contribution in [0, 0.1) is 24.2 Å². The molecule has 0 aliphatic heterocycles. The van der Waals surface area contributed by atoms with Gasteiger partial charge in [0.2, 0.25) is 5.78 Å². The number of hydrogen-bond donors (Lipinski definition) is 5. The minimum atomic E-state index is -2.95. The number of carbonyl (C=O) groups is 4. The number of hydrogen-bond acceptors (Lipinski definition) is 10. The number of esters is 1. The van der Waals surface area contributed by atoms with Gasteiger partial charge in [0.15, 0.2) is 11.4 Å². The summed E-state index contributed by atoms with van der Waals surface area (Å²) in [7, 11) is 2.96. The molecule has 0 heterocycles. The zero-order valence-corrected chi connectivity index (χ0v) is 22.3.